The molecule has 3 aromatic rings. The van der Waals surface area contributed by atoms with Crippen molar-refractivity contribution >= 4 is 37.5 Å². The maximum Gasteiger partial charge on any atom is 0.264 e. The summed E-state index contributed by atoms with van der Waals surface area (Å²) in [6, 6.07) is 7.91. The summed E-state index contributed by atoms with van der Waals surface area (Å²) in [6.07, 6.45) is 0.787. The van der Waals surface area contributed by atoms with Crippen molar-refractivity contribution in [2.75, 3.05) is 0 Å². The van der Waals surface area contributed by atoms with E-state index < -0.39 is 22.5 Å². The van der Waals surface area contributed by atoms with Crippen molar-refractivity contribution < 1.29 is 13.2 Å². The summed E-state index contributed by atoms with van der Waals surface area (Å²) in [7, 11) is -4.00. The number of nitrogens with zero attached hydrogens (tertiary/aromatic N) is 2. The van der Waals surface area contributed by atoms with Crippen molar-refractivity contribution in [1.82, 2.24) is 14.3 Å². The van der Waals surface area contributed by atoms with Crippen LogP contribution in [0.3, 0.4) is 0 Å². The standard InChI is InChI=1S/C18H19N3O4S2/c1-4-13-9-15-17(26-13)19-12(3)21(18(15)23)10-16(22)20-27(24,25)14-7-5-11(2)6-8-14/h5-9H,4,10H2,1-3H3,(H,20,22). The number of aryl methyl sites for hydroxylation is 3. The average molecular weight is 406 g/mol. The molecule has 7 nitrogen and oxygen atoms in total. The molecule has 1 N–H and O–H groups in total. The SMILES string of the molecule is CCc1cc2c(=O)n(CC(=O)NS(=O)(=O)c3ccc(C)cc3)c(C)nc2s1. The van der Waals surface area contributed by atoms with Crippen LogP contribution in [-0.2, 0) is 27.8 Å². The normalized spacial score (nSPS) is 11.7. The van der Waals surface area contributed by atoms with Crippen molar-refractivity contribution in [1.29, 1.82) is 0 Å². The van der Waals surface area contributed by atoms with Gasteiger partial charge in [-0.25, -0.2) is 18.1 Å². The van der Waals surface area contributed by atoms with Gasteiger partial charge in [0.25, 0.3) is 21.5 Å². The van der Waals surface area contributed by atoms with E-state index in [2.05, 4.69) is 4.98 Å². The van der Waals surface area contributed by atoms with E-state index >= 15 is 0 Å². The van der Waals surface area contributed by atoms with E-state index in [1.165, 1.54) is 28.0 Å². The Morgan fingerprint density at radius 3 is 2.52 bits per heavy atom. The minimum atomic E-state index is -4.00. The zero-order chi connectivity index (χ0) is 19.8. The maximum absolute atomic E-state index is 12.7. The molecule has 9 heteroatoms. The number of carbonyl (C=O) groups is 1. The first-order valence-electron chi connectivity index (χ1n) is 8.33. The van der Waals surface area contributed by atoms with Crippen molar-refractivity contribution in [3.05, 3.63) is 57.0 Å². The monoisotopic (exact) mass is 405 g/mol. The highest BCUT2D eigenvalue weighted by Gasteiger charge is 2.19. The smallest absolute Gasteiger partial charge is 0.264 e. The zero-order valence-corrected chi connectivity index (χ0v) is 16.8. The average Bonchev–Trinajstić information content (AvgIpc) is 3.02. The molecular formula is C18H19N3O4S2. The quantitative estimate of drug-likeness (QED) is 0.701. The van der Waals surface area contributed by atoms with Gasteiger partial charge in [-0.1, -0.05) is 24.6 Å². The maximum atomic E-state index is 12.7. The Balaban J connectivity index is 1.87. The molecule has 0 atom stereocenters. The molecule has 0 spiro atoms. The third-order valence-electron chi connectivity index (χ3n) is 4.12. The van der Waals surface area contributed by atoms with Crippen LogP contribution < -0.4 is 10.3 Å². The molecule has 3 rings (SSSR count). The lowest BCUT2D eigenvalue weighted by Gasteiger charge is -2.10. The van der Waals surface area contributed by atoms with E-state index in [1.54, 1.807) is 25.1 Å². The number of fused-ring (bicyclic) bond motifs is 1. The molecule has 0 radical (unpaired) electrons. The number of thiophene rings is 1. The summed E-state index contributed by atoms with van der Waals surface area (Å²) < 4.78 is 27.9. The predicted octanol–water partition coefficient (Wildman–Crippen LogP) is 2.14. The molecule has 2 heterocycles. The Bertz CT molecular complexity index is 1180. The molecule has 0 fully saturated rings. The number of carbonyl (C=O) groups excluding carboxylic acids is 1. The van der Waals surface area contributed by atoms with E-state index in [4.69, 9.17) is 0 Å². The molecule has 2 aromatic heterocycles. The van der Waals surface area contributed by atoms with Crippen LogP contribution in [0.1, 0.15) is 23.2 Å². The molecule has 1 amide bonds. The number of hydrogen-bond donors (Lipinski definition) is 1. The second-order valence-electron chi connectivity index (χ2n) is 6.18. The zero-order valence-electron chi connectivity index (χ0n) is 15.1. The summed E-state index contributed by atoms with van der Waals surface area (Å²) in [5.74, 6) is -0.437. The van der Waals surface area contributed by atoms with Crippen LogP contribution in [0.5, 0.6) is 0 Å². The van der Waals surface area contributed by atoms with Crippen molar-refractivity contribution in [2.45, 2.75) is 38.6 Å². The number of amides is 1. The summed E-state index contributed by atoms with van der Waals surface area (Å²) >= 11 is 1.44. The summed E-state index contributed by atoms with van der Waals surface area (Å²) in [4.78, 5) is 31.0. The summed E-state index contributed by atoms with van der Waals surface area (Å²) in [5, 5.41) is 0.441. The first-order valence-corrected chi connectivity index (χ1v) is 10.6. The minimum absolute atomic E-state index is 0.00971. The first kappa shape index (κ1) is 19.2. The van der Waals surface area contributed by atoms with Gasteiger partial charge in [0, 0.05) is 4.88 Å². The van der Waals surface area contributed by atoms with Gasteiger partial charge in [0.1, 0.15) is 17.2 Å². The second kappa shape index (κ2) is 7.24. The molecule has 0 unspecified atom stereocenters. The van der Waals surface area contributed by atoms with Crippen LogP contribution in [0, 0.1) is 13.8 Å². The number of rotatable bonds is 5. The van der Waals surface area contributed by atoms with Crippen LogP contribution in [0.2, 0.25) is 0 Å². The Kier molecular flexibility index (Phi) is 5.16. The van der Waals surface area contributed by atoms with Gasteiger partial charge >= 0.3 is 0 Å². The van der Waals surface area contributed by atoms with E-state index in [0.29, 0.717) is 16.0 Å². The molecule has 1 aromatic carbocycles. The molecule has 0 aliphatic rings. The number of hydrogen-bond acceptors (Lipinski definition) is 6. The molecular weight excluding hydrogens is 386 g/mol. The number of nitrogens with one attached hydrogen (secondary N) is 1. The van der Waals surface area contributed by atoms with Crippen LogP contribution in [0.25, 0.3) is 10.2 Å². The Hall–Kier alpha value is -2.52. The molecule has 0 aliphatic heterocycles. The topological polar surface area (TPSA) is 98.1 Å². The van der Waals surface area contributed by atoms with Gasteiger partial charge in [-0.2, -0.15) is 0 Å². The van der Waals surface area contributed by atoms with Gasteiger partial charge in [-0.05, 0) is 38.5 Å². The number of aromatic nitrogens is 2. The summed E-state index contributed by atoms with van der Waals surface area (Å²) in [6.45, 7) is 5.02. The lowest BCUT2D eigenvalue weighted by Crippen LogP contribution is -2.37. The van der Waals surface area contributed by atoms with E-state index in [-0.39, 0.29) is 10.5 Å². The fourth-order valence-electron chi connectivity index (χ4n) is 2.63. The lowest BCUT2D eigenvalue weighted by molar-refractivity contribution is -0.120. The third-order valence-corrected chi connectivity index (χ3v) is 6.69. The Labute approximate surface area is 160 Å². The van der Waals surface area contributed by atoms with Crippen molar-refractivity contribution in [3.63, 3.8) is 0 Å². The lowest BCUT2D eigenvalue weighted by atomic mass is 10.2. The van der Waals surface area contributed by atoms with Crippen molar-refractivity contribution in [3.8, 4) is 0 Å². The van der Waals surface area contributed by atoms with Gasteiger partial charge in [0.05, 0.1) is 10.3 Å². The molecule has 0 saturated carbocycles. The van der Waals surface area contributed by atoms with Gasteiger partial charge in [0.2, 0.25) is 0 Å². The fraction of sp³-hybridized carbons (Fsp3) is 0.278. The van der Waals surface area contributed by atoms with Gasteiger partial charge in [-0.15, -0.1) is 11.3 Å². The van der Waals surface area contributed by atoms with E-state index in [0.717, 1.165) is 16.9 Å². The largest absolute Gasteiger partial charge is 0.287 e. The Morgan fingerprint density at radius 1 is 1.22 bits per heavy atom. The highest BCUT2D eigenvalue weighted by Crippen LogP contribution is 2.21. The number of sulfonamides is 1. The van der Waals surface area contributed by atoms with Crippen molar-refractivity contribution in [2.24, 2.45) is 0 Å². The van der Waals surface area contributed by atoms with Crippen LogP contribution in [0.4, 0.5) is 0 Å². The van der Waals surface area contributed by atoms with Crippen LogP contribution >= 0.6 is 11.3 Å². The molecule has 0 saturated heterocycles. The van der Waals surface area contributed by atoms with Crippen LogP contribution in [0.15, 0.2) is 40.0 Å². The molecule has 0 bridgehead atoms. The van der Waals surface area contributed by atoms with Crippen LogP contribution in [-0.4, -0.2) is 23.9 Å². The Morgan fingerprint density at radius 2 is 1.89 bits per heavy atom. The second-order valence-corrected chi connectivity index (χ2v) is 8.97. The van der Waals surface area contributed by atoms with Gasteiger partial charge < -0.3 is 0 Å². The molecule has 0 aliphatic carbocycles. The summed E-state index contributed by atoms with van der Waals surface area (Å²) in [5.41, 5.74) is 0.556. The van der Waals surface area contributed by atoms with E-state index in [1.807, 2.05) is 18.6 Å². The molecule has 142 valence electrons. The highest BCUT2D eigenvalue weighted by molar-refractivity contribution is 7.90. The minimum Gasteiger partial charge on any atom is -0.287 e. The van der Waals surface area contributed by atoms with Gasteiger partial charge in [-0.3, -0.25) is 14.2 Å². The highest BCUT2D eigenvalue weighted by atomic mass is 32.2. The van der Waals surface area contributed by atoms with E-state index in [9.17, 15) is 18.0 Å². The molecule has 27 heavy (non-hydrogen) atoms. The number of benzene rings is 1. The third kappa shape index (κ3) is 3.93. The van der Waals surface area contributed by atoms with Gasteiger partial charge in [0.15, 0.2) is 0 Å². The first-order chi connectivity index (χ1) is 12.7. The fourth-order valence-corrected chi connectivity index (χ4v) is 4.61. The predicted molar refractivity (Wildman–Crippen MR) is 105 cm³/mol.